The van der Waals surface area contributed by atoms with Gasteiger partial charge in [0.2, 0.25) is 0 Å². The van der Waals surface area contributed by atoms with Gasteiger partial charge in [-0.25, -0.2) is 0 Å². The van der Waals surface area contributed by atoms with E-state index < -0.39 is 0 Å². The lowest BCUT2D eigenvalue weighted by Gasteiger charge is -2.16. The van der Waals surface area contributed by atoms with E-state index in [4.69, 9.17) is 0 Å². The van der Waals surface area contributed by atoms with Gasteiger partial charge in [0.1, 0.15) is 0 Å². The van der Waals surface area contributed by atoms with Gasteiger partial charge in [-0.2, -0.15) is 0 Å². The van der Waals surface area contributed by atoms with Gasteiger partial charge in [-0.05, 0) is 187 Å². The smallest absolute Gasteiger partial charge is 0.0702 e. The third-order valence-electron chi connectivity index (χ3n) is 27.3. The average Bonchev–Trinajstić information content (AvgIpc) is 1.56. The Morgan fingerprint density at radius 3 is 0.381 bits per heavy atom. The molecule has 0 saturated carbocycles. The molecule has 29 aromatic rings. The molecule has 8 heterocycles. The Morgan fingerprint density at radius 1 is 0.0896 bits per heavy atom. The minimum Gasteiger partial charge on any atom is -0.309 e. The minimum atomic E-state index is 1.17. The number of hydrogen-bond acceptors (Lipinski definition) is 0. The monoisotopic (exact) mass is 1710 g/mol. The average molecular weight is 1710 g/mol. The van der Waals surface area contributed by atoms with Crippen molar-refractivity contribution in [2.75, 3.05) is 0 Å². The van der Waals surface area contributed by atoms with Crippen molar-refractivity contribution in [3.63, 3.8) is 0 Å². The van der Waals surface area contributed by atoms with E-state index in [9.17, 15) is 0 Å². The van der Waals surface area contributed by atoms with Crippen LogP contribution in [0.4, 0.5) is 0 Å². The van der Waals surface area contributed by atoms with Gasteiger partial charge in [0.05, 0.1) is 99.6 Å². The topological polar surface area (TPSA) is 39.4 Å². The van der Waals surface area contributed by atoms with Crippen LogP contribution >= 0.6 is 0 Å². The predicted molar refractivity (Wildman–Crippen MR) is 566 cm³/mol. The summed E-state index contributed by atoms with van der Waals surface area (Å²) in [5, 5.41) is 20.5. The molecular weight excluding hydrogens is 1630 g/mol. The zero-order valence-electron chi connectivity index (χ0n) is 73.1. The molecule has 0 fully saturated rings. The van der Waals surface area contributed by atoms with Crippen LogP contribution in [0, 0.1) is 0 Å². The molecule has 0 aliphatic rings. The quantitative estimate of drug-likeness (QED) is 0.138. The van der Waals surface area contributed by atoms with Crippen LogP contribution in [0.3, 0.4) is 0 Å². The van der Waals surface area contributed by atoms with Gasteiger partial charge >= 0.3 is 0 Å². The van der Waals surface area contributed by atoms with E-state index in [1.807, 2.05) is 0 Å². The molecule has 8 heteroatoms. The maximum atomic E-state index is 2.41. The largest absolute Gasteiger partial charge is 0.309 e. The molecule has 29 rings (SSSR count). The van der Waals surface area contributed by atoms with Crippen molar-refractivity contribution in [2.24, 2.45) is 0 Å². The van der Waals surface area contributed by atoms with Crippen LogP contribution in [0.5, 0.6) is 0 Å². The maximum absolute atomic E-state index is 2.41. The molecular formula is C126H84N8. The van der Waals surface area contributed by atoms with Crippen LogP contribution in [0.15, 0.2) is 510 Å². The Balaban J connectivity index is 0.0000000934. The van der Waals surface area contributed by atoms with Crippen LogP contribution in [-0.4, -0.2) is 36.5 Å². The van der Waals surface area contributed by atoms with E-state index in [2.05, 4.69) is 546 Å². The van der Waals surface area contributed by atoms with Crippen LogP contribution in [-0.2, 0) is 0 Å². The fourth-order valence-corrected chi connectivity index (χ4v) is 21.5. The second kappa shape index (κ2) is 32.0. The number of benzene rings is 21. The zero-order chi connectivity index (χ0) is 88.3. The summed E-state index contributed by atoms with van der Waals surface area (Å²) in [6, 6.07) is 183. The summed E-state index contributed by atoms with van der Waals surface area (Å²) in [5.41, 5.74) is 31.5. The summed E-state index contributed by atoms with van der Waals surface area (Å²) in [5.74, 6) is 0. The number of rotatable bonds is 9. The highest BCUT2D eigenvalue weighted by Gasteiger charge is 2.23. The van der Waals surface area contributed by atoms with Gasteiger partial charge in [-0.3, -0.25) is 0 Å². The molecule has 0 aliphatic heterocycles. The fourth-order valence-electron chi connectivity index (χ4n) is 21.5. The van der Waals surface area contributed by atoms with Crippen molar-refractivity contribution in [2.45, 2.75) is 0 Å². The van der Waals surface area contributed by atoms with E-state index >= 15 is 0 Å². The summed E-state index contributed by atoms with van der Waals surface area (Å²) >= 11 is 0. The van der Waals surface area contributed by atoms with Crippen molar-refractivity contribution in [1.82, 2.24) is 36.5 Å². The third kappa shape index (κ3) is 12.5. The molecule has 134 heavy (non-hydrogen) atoms. The fraction of sp³-hybridized carbons (Fsp3) is 0. The van der Waals surface area contributed by atoms with Crippen LogP contribution < -0.4 is 0 Å². The highest BCUT2D eigenvalue weighted by atomic mass is 15.1. The molecule has 8 nitrogen and oxygen atoms in total. The SMILES string of the molecule is c1cc(-n2c3ccccc3c3ccccc32)cc(-n2c3ccccc3c3ccccc32)c1.c1ccc(-n2c3ccccc3c3ccccc32)c(-n2c3ccccc3c3ccccc32)c1.c1ccc2c(c1)c1ccccc1n2-c1ccc(-c2ccc(-n3c4ccccc4c4ccccc43)cc2)cc1.c1ccc2c(c1)c1ccccc1n2-c1ccc(-n2c3ccccc3c3ccccc32)cc1. The van der Waals surface area contributed by atoms with Crippen molar-refractivity contribution in [3.8, 4) is 56.6 Å². The molecule has 0 saturated heterocycles. The summed E-state index contributed by atoms with van der Waals surface area (Å²) in [6.07, 6.45) is 0. The summed E-state index contributed by atoms with van der Waals surface area (Å²) in [4.78, 5) is 0. The standard InChI is InChI=1S/C36H24N2.3C30H20N2/c1-5-13-33-29(9-1)30-10-2-6-14-34(30)37(33)27-21-17-25(18-22-27)26-19-23-28(24-20-26)38-35-15-7-3-11-31(35)32-12-4-8-16-36(32)38;1-5-16-27-23(12-1)24-13-2-6-17-28(24)31(27)21-10-9-11-22(20-21)32-29-18-7-3-14-25(29)26-15-4-8-19-30(26)32;1-5-15-25-21(11-1)22-12-2-6-16-26(22)31(25)29-19-9-10-20-30(29)32-27-17-7-3-13-23(27)24-14-4-8-18-28(24)32;1-5-13-27-23(9-1)24-10-2-6-14-28(24)31(27)21-17-19-22(20-18-21)32-29-15-7-3-11-25(29)26-12-4-8-16-30(26)32/h1-24H;3*1-20H. The molecule has 0 spiro atoms. The minimum absolute atomic E-state index is 1.17. The Morgan fingerprint density at radius 2 is 0.216 bits per heavy atom. The Hall–Kier alpha value is -18.0. The van der Waals surface area contributed by atoms with Gasteiger partial charge < -0.3 is 36.5 Å². The second-order valence-corrected chi connectivity index (χ2v) is 34.6. The van der Waals surface area contributed by atoms with E-state index in [1.165, 1.54) is 231 Å². The summed E-state index contributed by atoms with van der Waals surface area (Å²) in [7, 11) is 0. The van der Waals surface area contributed by atoms with E-state index in [1.54, 1.807) is 0 Å². The number of nitrogens with zero attached hydrogens (tertiary/aromatic N) is 8. The number of hydrogen-bond donors (Lipinski definition) is 0. The first-order chi connectivity index (χ1) is 66.6. The molecule has 21 aromatic carbocycles. The van der Waals surface area contributed by atoms with Crippen LogP contribution in [0.25, 0.3) is 231 Å². The first-order valence-electron chi connectivity index (χ1n) is 46.0. The van der Waals surface area contributed by atoms with E-state index in [0.717, 1.165) is 0 Å². The molecule has 0 N–H and O–H groups in total. The Bertz CT molecular complexity index is 8680. The number of aromatic nitrogens is 8. The highest BCUT2D eigenvalue weighted by Crippen LogP contribution is 2.44. The molecule has 628 valence electrons. The second-order valence-electron chi connectivity index (χ2n) is 34.6. The molecule has 0 radical (unpaired) electrons. The van der Waals surface area contributed by atoms with E-state index in [0.29, 0.717) is 0 Å². The first kappa shape index (κ1) is 77.2. The molecule has 0 unspecified atom stereocenters. The molecule has 0 aliphatic carbocycles. The van der Waals surface area contributed by atoms with Crippen LogP contribution in [0.1, 0.15) is 0 Å². The van der Waals surface area contributed by atoms with Gasteiger partial charge in [-0.1, -0.05) is 334 Å². The maximum Gasteiger partial charge on any atom is 0.0702 e. The summed E-state index contributed by atoms with van der Waals surface area (Å²) in [6.45, 7) is 0. The highest BCUT2D eigenvalue weighted by molar-refractivity contribution is 6.16. The molecule has 8 aromatic heterocycles. The number of fused-ring (bicyclic) bond motifs is 24. The van der Waals surface area contributed by atoms with Gasteiger partial charge in [-0.15, -0.1) is 0 Å². The van der Waals surface area contributed by atoms with Gasteiger partial charge in [0.25, 0.3) is 0 Å². The van der Waals surface area contributed by atoms with E-state index in [-0.39, 0.29) is 0 Å². The van der Waals surface area contributed by atoms with Crippen molar-refractivity contribution < 1.29 is 0 Å². The Kier molecular flexibility index (Phi) is 18.5. The number of para-hydroxylation sites is 18. The first-order valence-corrected chi connectivity index (χ1v) is 46.0. The van der Waals surface area contributed by atoms with Crippen molar-refractivity contribution >= 4 is 174 Å². The normalized spacial score (nSPS) is 11.7. The van der Waals surface area contributed by atoms with Gasteiger partial charge in [0.15, 0.2) is 0 Å². The molecule has 0 bridgehead atoms. The van der Waals surface area contributed by atoms with Gasteiger partial charge in [0, 0.05) is 120 Å². The Labute approximate surface area is 771 Å². The zero-order valence-corrected chi connectivity index (χ0v) is 73.1. The van der Waals surface area contributed by atoms with Crippen LogP contribution in [0.2, 0.25) is 0 Å². The molecule has 0 atom stereocenters. The predicted octanol–water partition coefficient (Wildman–Crippen LogP) is 33.2. The third-order valence-corrected chi connectivity index (χ3v) is 27.3. The molecule has 0 amide bonds. The van der Waals surface area contributed by atoms with Crippen molar-refractivity contribution in [1.29, 1.82) is 0 Å². The lowest BCUT2D eigenvalue weighted by Crippen LogP contribution is -2.03. The lowest BCUT2D eigenvalue weighted by atomic mass is 10.0. The summed E-state index contributed by atoms with van der Waals surface area (Å²) < 4.78 is 19.0. The lowest BCUT2D eigenvalue weighted by molar-refractivity contribution is 1.10. The van der Waals surface area contributed by atoms with Crippen molar-refractivity contribution in [3.05, 3.63) is 510 Å².